The molecule has 1 aliphatic rings. The molecule has 0 aliphatic heterocycles. The van der Waals surface area contributed by atoms with Gasteiger partial charge in [-0.15, -0.1) is 11.3 Å². The van der Waals surface area contributed by atoms with Gasteiger partial charge in [0.25, 0.3) is 5.91 Å². The first-order chi connectivity index (χ1) is 17.1. The maximum atomic E-state index is 14.3. The van der Waals surface area contributed by atoms with E-state index in [-0.39, 0.29) is 21.5 Å². The van der Waals surface area contributed by atoms with Gasteiger partial charge in [0.05, 0.1) is 15.5 Å². The minimum absolute atomic E-state index is 0.0233. The fourth-order valence-corrected chi connectivity index (χ4v) is 6.29. The highest BCUT2D eigenvalue weighted by Crippen LogP contribution is 2.32. The zero-order chi connectivity index (χ0) is 25.9. The molecule has 4 rings (SSSR count). The number of rotatable bonds is 8. The van der Waals surface area contributed by atoms with E-state index in [1.165, 1.54) is 29.6 Å². The van der Waals surface area contributed by atoms with E-state index in [0.717, 1.165) is 36.3 Å². The lowest BCUT2D eigenvalue weighted by atomic mass is 10.1. The average Bonchev–Trinajstić information content (AvgIpc) is 3.51. The molecule has 0 spiro atoms. The molecule has 2 aromatic carbocycles. The van der Waals surface area contributed by atoms with E-state index in [9.17, 15) is 26.8 Å². The number of nitrogens with one attached hydrogen (secondary N) is 1. The van der Waals surface area contributed by atoms with E-state index in [1.807, 2.05) is 0 Å². The average molecular weight is 539 g/mol. The first-order valence-corrected chi connectivity index (χ1v) is 13.2. The highest BCUT2D eigenvalue weighted by Gasteiger charge is 2.31. The zero-order valence-corrected chi connectivity index (χ0v) is 20.2. The summed E-state index contributed by atoms with van der Waals surface area (Å²) < 4.78 is 63.4. The van der Waals surface area contributed by atoms with Crippen molar-refractivity contribution in [1.82, 2.24) is 4.98 Å². The van der Waals surface area contributed by atoms with Gasteiger partial charge in [-0.3, -0.25) is 10.1 Å². The summed E-state index contributed by atoms with van der Waals surface area (Å²) in [7, 11) is -3.54. The van der Waals surface area contributed by atoms with Gasteiger partial charge in [-0.2, -0.15) is 4.98 Å². The third-order valence-corrected chi connectivity index (χ3v) is 8.55. The Morgan fingerprint density at radius 3 is 2.44 bits per heavy atom. The van der Waals surface area contributed by atoms with Crippen LogP contribution in [0.3, 0.4) is 0 Å². The maximum Gasteiger partial charge on any atom is 0.512 e. The SMILES string of the molecule is O=C(O)Oc1csc(NC(=O)C(Oc2ccc(F)cc2F)c2ccc(S(=O)(=O)C3CCCC3)cc2)n1. The molecule has 0 saturated heterocycles. The van der Waals surface area contributed by atoms with Crippen LogP contribution in [0.1, 0.15) is 37.4 Å². The summed E-state index contributed by atoms with van der Waals surface area (Å²) in [4.78, 5) is 27.7. The second kappa shape index (κ2) is 10.6. The molecule has 13 heteroatoms. The second-order valence-corrected chi connectivity index (χ2v) is 11.0. The predicted octanol–water partition coefficient (Wildman–Crippen LogP) is 4.95. The van der Waals surface area contributed by atoms with Crippen molar-refractivity contribution in [2.45, 2.75) is 41.9 Å². The molecule has 1 amide bonds. The number of aromatic nitrogens is 1. The monoisotopic (exact) mass is 538 g/mol. The maximum absolute atomic E-state index is 14.3. The minimum Gasteiger partial charge on any atom is -0.473 e. The molecule has 9 nitrogen and oxygen atoms in total. The van der Waals surface area contributed by atoms with Crippen LogP contribution < -0.4 is 14.8 Å². The number of carboxylic acid groups (broad SMARTS) is 1. The smallest absolute Gasteiger partial charge is 0.473 e. The van der Waals surface area contributed by atoms with Crippen LogP contribution in [0.15, 0.2) is 52.7 Å². The summed E-state index contributed by atoms with van der Waals surface area (Å²) in [5, 5.41) is 11.9. The Labute approximate surface area is 208 Å². The summed E-state index contributed by atoms with van der Waals surface area (Å²) in [6, 6.07) is 8.05. The summed E-state index contributed by atoms with van der Waals surface area (Å²) >= 11 is 0.874. The fraction of sp³-hybridized carbons (Fsp3) is 0.261. The molecule has 1 atom stereocenters. The lowest BCUT2D eigenvalue weighted by molar-refractivity contribution is -0.123. The molecule has 2 N–H and O–H groups in total. The number of nitrogens with zero attached hydrogens (tertiary/aromatic N) is 1. The molecule has 1 saturated carbocycles. The summed E-state index contributed by atoms with van der Waals surface area (Å²) in [5.74, 6) is -3.36. The van der Waals surface area contributed by atoms with E-state index in [0.29, 0.717) is 18.9 Å². The van der Waals surface area contributed by atoms with Crippen molar-refractivity contribution in [3.8, 4) is 11.6 Å². The summed E-state index contributed by atoms with van der Waals surface area (Å²) in [6.45, 7) is 0. The number of thiazole rings is 1. The van der Waals surface area contributed by atoms with Crippen LogP contribution in [-0.2, 0) is 14.6 Å². The second-order valence-electron chi connectivity index (χ2n) is 7.94. The minimum atomic E-state index is -3.54. The quantitative estimate of drug-likeness (QED) is 0.385. The van der Waals surface area contributed by atoms with E-state index in [1.54, 1.807) is 0 Å². The number of hydrogen-bond donors (Lipinski definition) is 2. The number of carbonyl (C=O) groups excluding carboxylic acids is 1. The molecule has 1 unspecified atom stereocenters. The standard InChI is InChI=1S/C23H20F2N2O7S2/c24-14-7-10-18(17(25)11-14)33-20(21(28)27-22-26-19(12-35-22)34-23(29)30)13-5-8-16(9-6-13)36(31,32)15-3-1-2-4-15/h5-12,15,20H,1-4H2,(H,29,30)(H,26,27,28). The Bertz CT molecular complexity index is 1370. The molecule has 3 aromatic rings. The van der Waals surface area contributed by atoms with Gasteiger partial charge in [0.2, 0.25) is 12.0 Å². The highest BCUT2D eigenvalue weighted by molar-refractivity contribution is 7.92. The first kappa shape index (κ1) is 25.5. The zero-order valence-electron chi connectivity index (χ0n) is 18.5. The fourth-order valence-electron chi connectivity index (χ4n) is 3.82. The molecular weight excluding hydrogens is 518 g/mol. The highest BCUT2D eigenvalue weighted by atomic mass is 32.2. The van der Waals surface area contributed by atoms with Crippen LogP contribution in [0.5, 0.6) is 11.6 Å². The van der Waals surface area contributed by atoms with Gasteiger partial charge in [0.1, 0.15) is 5.82 Å². The number of benzene rings is 2. The number of ether oxygens (including phenoxy) is 2. The molecule has 1 fully saturated rings. The van der Waals surface area contributed by atoms with Crippen LogP contribution in [0.4, 0.5) is 18.7 Å². The Kier molecular flexibility index (Phi) is 7.50. The number of halogens is 2. The van der Waals surface area contributed by atoms with Crippen LogP contribution in [0.2, 0.25) is 0 Å². The van der Waals surface area contributed by atoms with E-state index in [4.69, 9.17) is 9.84 Å². The van der Waals surface area contributed by atoms with Crippen molar-refractivity contribution in [1.29, 1.82) is 0 Å². The summed E-state index contributed by atoms with van der Waals surface area (Å²) in [5.41, 5.74) is 0.195. The largest absolute Gasteiger partial charge is 0.512 e. The third-order valence-electron chi connectivity index (χ3n) is 5.53. The molecule has 1 aliphatic carbocycles. The Morgan fingerprint density at radius 2 is 1.81 bits per heavy atom. The van der Waals surface area contributed by atoms with Gasteiger partial charge < -0.3 is 14.6 Å². The Hall–Kier alpha value is -3.58. The van der Waals surface area contributed by atoms with E-state index >= 15 is 0 Å². The van der Waals surface area contributed by atoms with Gasteiger partial charge >= 0.3 is 6.16 Å². The first-order valence-electron chi connectivity index (χ1n) is 10.8. The van der Waals surface area contributed by atoms with Crippen molar-refractivity contribution in [3.05, 3.63) is 65.0 Å². The van der Waals surface area contributed by atoms with Crippen molar-refractivity contribution in [2.75, 3.05) is 5.32 Å². The molecule has 190 valence electrons. The number of carbonyl (C=O) groups is 2. The van der Waals surface area contributed by atoms with Crippen LogP contribution in [0, 0.1) is 11.6 Å². The van der Waals surface area contributed by atoms with Crippen LogP contribution in [0.25, 0.3) is 0 Å². The van der Waals surface area contributed by atoms with Gasteiger partial charge in [0, 0.05) is 11.6 Å². The van der Waals surface area contributed by atoms with Gasteiger partial charge in [0.15, 0.2) is 26.5 Å². The van der Waals surface area contributed by atoms with E-state index < -0.39 is 50.6 Å². The number of sulfone groups is 1. The van der Waals surface area contributed by atoms with Crippen LogP contribution >= 0.6 is 11.3 Å². The molecule has 36 heavy (non-hydrogen) atoms. The normalized spacial score (nSPS) is 14.8. The van der Waals surface area contributed by atoms with Gasteiger partial charge in [-0.25, -0.2) is 22.0 Å². The molecule has 1 heterocycles. The number of amides is 1. The lowest BCUT2D eigenvalue weighted by Crippen LogP contribution is -2.26. The van der Waals surface area contributed by atoms with Crippen molar-refractivity contribution < 1.29 is 41.4 Å². The summed E-state index contributed by atoms with van der Waals surface area (Å²) in [6.07, 6.45) is -0.207. The van der Waals surface area contributed by atoms with Gasteiger partial charge in [-0.05, 0) is 37.1 Å². The van der Waals surface area contributed by atoms with Gasteiger partial charge in [-0.1, -0.05) is 25.0 Å². The van der Waals surface area contributed by atoms with E-state index in [2.05, 4.69) is 15.0 Å². The molecular formula is C23H20F2N2O7S2. The molecule has 0 bridgehead atoms. The van der Waals surface area contributed by atoms with Crippen molar-refractivity contribution >= 4 is 38.4 Å². The Balaban J connectivity index is 1.61. The van der Waals surface area contributed by atoms with Crippen LogP contribution in [-0.4, -0.2) is 35.8 Å². The van der Waals surface area contributed by atoms with Crippen molar-refractivity contribution in [3.63, 3.8) is 0 Å². The topological polar surface area (TPSA) is 132 Å². The Morgan fingerprint density at radius 1 is 1.11 bits per heavy atom. The predicted molar refractivity (Wildman–Crippen MR) is 125 cm³/mol. The molecule has 1 aromatic heterocycles. The molecule has 0 radical (unpaired) electrons. The number of hydrogen-bond acceptors (Lipinski definition) is 8. The third kappa shape index (κ3) is 5.79. The van der Waals surface area contributed by atoms with Crippen molar-refractivity contribution in [2.24, 2.45) is 0 Å². The lowest BCUT2D eigenvalue weighted by Gasteiger charge is -2.19. The number of anilines is 1.